The van der Waals surface area contributed by atoms with E-state index < -0.39 is 23.9 Å². The lowest BCUT2D eigenvalue weighted by atomic mass is 9.94. The van der Waals surface area contributed by atoms with Crippen LogP contribution in [0.5, 0.6) is 0 Å². The second-order valence-electron chi connectivity index (χ2n) is 9.21. The molecule has 0 saturated heterocycles. The van der Waals surface area contributed by atoms with Gasteiger partial charge in [-0.15, -0.1) is 0 Å². The predicted molar refractivity (Wildman–Crippen MR) is 129 cm³/mol. The number of halogens is 3. The zero-order chi connectivity index (χ0) is 24.9. The van der Waals surface area contributed by atoms with Gasteiger partial charge in [-0.2, -0.15) is 13.2 Å². The maximum Gasteiger partial charge on any atom is 0.416 e. The largest absolute Gasteiger partial charge is 0.446 e. The second-order valence-corrected chi connectivity index (χ2v) is 9.21. The number of unbranched alkanes of at least 4 members (excludes halogenated alkanes) is 1. The Balaban J connectivity index is 1.95. The zero-order valence-electron chi connectivity index (χ0n) is 20.3. The molecule has 34 heavy (non-hydrogen) atoms. The van der Waals surface area contributed by atoms with Gasteiger partial charge in [-0.1, -0.05) is 31.0 Å². The summed E-state index contributed by atoms with van der Waals surface area (Å²) in [5.74, 6) is 0. The fourth-order valence-corrected chi connectivity index (χ4v) is 4.89. The van der Waals surface area contributed by atoms with Crippen LogP contribution in [-0.4, -0.2) is 25.3 Å². The predicted octanol–water partition coefficient (Wildman–Crippen LogP) is 6.38. The minimum atomic E-state index is -4.44. The summed E-state index contributed by atoms with van der Waals surface area (Å²) >= 11 is 0. The Labute approximate surface area is 200 Å². The highest BCUT2D eigenvalue weighted by molar-refractivity contribution is 5.65. The van der Waals surface area contributed by atoms with E-state index >= 15 is 0 Å². The Morgan fingerprint density at radius 3 is 2.41 bits per heavy atom. The van der Waals surface area contributed by atoms with Gasteiger partial charge in [0.1, 0.15) is 6.10 Å². The van der Waals surface area contributed by atoms with Gasteiger partial charge in [0, 0.05) is 31.6 Å². The van der Waals surface area contributed by atoms with Crippen LogP contribution in [0, 0.1) is 6.92 Å². The van der Waals surface area contributed by atoms with Crippen LogP contribution in [0.3, 0.4) is 0 Å². The molecule has 7 heteroatoms. The van der Waals surface area contributed by atoms with Crippen molar-refractivity contribution in [2.75, 3.05) is 18.0 Å². The van der Waals surface area contributed by atoms with E-state index in [1.165, 1.54) is 11.1 Å². The van der Waals surface area contributed by atoms with E-state index in [9.17, 15) is 18.0 Å². The number of benzene rings is 2. The summed E-state index contributed by atoms with van der Waals surface area (Å²) in [5.41, 5.74) is 10.5. The molecule has 0 heterocycles. The van der Waals surface area contributed by atoms with Gasteiger partial charge in [-0.05, 0) is 80.0 Å². The number of anilines is 1. The third-order valence-electron chi connectivity index (χ3n) is 6.46. The monoisotopic (exact) mass is 476 g/mol. The van der Waals surface area contributed by atoms with E-state index in [1.54, 1.807) is 13.0 Å². The highest BCUT2D eigenvalue weighted by atomic mass is 19.4. The molecule has 0 radical (unpaired) electrons. The molecule has 0 bridgehead atoms. The molecule has 0 aromatic heterocycles. The van der Waals surface area contributed by atoms with Crippen LogP contribution in [0.4, 0.5) is 23.7 Å². The molecule has 0 spiro atoms. The lowest BCUT2D eigenvalue weighted by molar-refractivity contribution is -0.137. The highest BCUT2D eigenvalue weighted by Gasteiger charge is 2.31. The van der Waals surface area contributed by atoms with Crippen molar-refractivity contribution in [3.63, 3.8) is 0 Å². The molecule has 0 saturated carbocycles. The van der Waals surface area contributed by atoms with Gasteiger partial charge in [0.15, 0.2) is 0 Å². The van der Waals surface area contributed by atoms with Crippen LogP contribution in [-0.2, 0) is 36.6 Å². The quantitative estimate of drug-likeness (QED) is 0.433. The van der Waals surface area contributed by atoms with Crippen LogP contribution in [0.2, 0.25) is 0 Å². The first-order chi connectivity index (χ1) is 16.1. The van der Waals surface area contributed by atoms with Gasteiger partial charge in [-0.25, -0.2) is 4.79 Å². The molecule has 1 aliphatic rings. The Bertz CT molecular complexity index is 1000. The van der Waals surface area contributed by atoms with Crippen molar-refractivity contribution in [3.05, 3.63) is 63.7 Å². The van der Waals surface area contributed by atoms with Crippen molar-refractivity contribution in [2.45, 2.75) is 78.0 Å². The molecule has 1 amide bonds. The molecule has 2 aromatic carbocycles. The van der Waals surface area contributed by atoms with Crippen molar-refractivity contribution < 1.29 is 22.7 Å². The van der Waals surface area contributed by atoms with Crippen LogP contribution < -0.4 is 10.6 Å². The average Bonchev–Trinajstić information content (AvgIpc) is 3.20. The second kappa shape index (κ2) is 11.2. The number of alkyl halides is 3. The van der Waals surface area contributed by atoms with E-state index in [4.69, 9.17) is 10.5 Å². The number of primary amides is 1. The molecule has 4 nitrogen and oxygen atoms in total. The number of hydrogen-bond donors (Lipinski definition) is 1. The summed E-state index contributed by atoms with van der Waals surface area (Å²) in [7, 11) is 0. The topological polar surface area (TPSA) is 55.6 Å². The van der Waals surface area contributed by atoms with Gasteiger partial charge in [0.25, 0.3) is 0 Å². The van der Waals surface area contributed by atoms with Gasteiger partial charge in [-0.3, -0.25) is 0 Å². The van der Waals surface area contributed by atoms with Crippen molar-refractivity contribution in [3.8, 4) is 0 Å². The summed E-state index contributed by atoms with van der Waals surface area (Å²) in [5, 5.41) is 0. The summed E-state index contributed by atoms with van der Waals surface area (Å²) in [6, 6.07) is 8.41. The fraction of sp³-hybridized carbons (Fsp3) is 0.519. The number of amides is 1. The summed E-state index contributed by atoms with van der Waals surface area (Å²) < 4.78 is 45.5. The lowest BCUT2D eigenvalue weighted by Gasteiger charge is -2.28. The molecule has 0 fully saturated rings. The lowest BCUT2D eigenvalue weighted by Crippen LogP contribution is -2.29. The van der Waals surface area contributed by atoms with Gasteiger partial charge in [0.05, 0.1) is 5.56 Å². The number of carbonyl (C=O) groups excluding carboxylic acids is 1. The zero-order valence-corrected chi connectivity index (χ0v) is 20.3. The number of nitrogens with zero attached hydrogens (tertiary/aromatic N) is 1. The molecule has 1 aliphatic carbocycles. The van der Waals surface area contributed by atoms with E-state index in [0.29, 0.717) is 17.5 Å². The Morgan fingerprint density at radius 1 is 1.09 bits per heavy atom. The van der Waals surface area contributed by atoms with Gasteiger partial charge in [0.2, 0.25) is 0 Å². The van der Waals surface area contributed by atoms with Gasteiger partial charge < -0.3 is 15.4 Å². The van der Waals surface area contributed by atoms with E-state index in [-0.39, 0.29) is 6.42 Å². The maximum absolute atomic E-state index is 13.3. The summed E-state index contributed by atoms with van der Waals surface area (Å²) in [4.78, 5) is 14.0. The minimum absolute atomic E-state index is 0.158. The molecule has 2 aromatic rings. The smallest absolute Gasteiger partial charge is 0.416 e. The first-order valence-corrected chi connectivity index (χ1v) is 12.1. The van der Waals surface area contributed by atoms with E-state index in [2.05, 4.69) is 30.9 Å². The van der Waals surface area contributed by atoms with Crippen LogP contribution >= 0.6 is 0 Å². The number of nitrogens with two attached hydrogens (primary N) is 1. The molecule has 1 atom stereocenters. The molecule has 2 N–H and O–H groups in total. The van der Waals surface area contributed by atoms with Crippen molar-refractivity contribution in [1.82, 2.24) is 0 Å². The molecular weight excluding hydrogens is 441 g/mol. The van der Waals surface area contributed by atoms with Crippen LogP contribution in [0.25, 0.3) is 0 Å². The van der Waals surface area contributed by atoms with Crippen molar-refractivity contribution >= 4 is 11.8 Å². The molecule has 3 rings (SSSR count). The molecule has 186 valence electrons. The highest BCUT2D eigenvalue weighted by Crippen LogP contribution is 2.34. The molecule has 0 aliphatic heterocycles. The molecule has 1 unspecified atom stereocenters. The van der Waals surface area contributed by atoms with E-state index in [0.717, 1.165) is 68.6 Å². The number of carbonyl (C=O) groups is 1. The summed E-state index contributed by atoms with van der Waals surface area (Å²) in [6.07, 6.45) is -0.142. The number of aryl methyl sites for hydroxylation is 3. The van der Waals surface area contributed by atoms with Crippen LogP contribution in [0.1, 0.15) is 66.5 Å². The summed E-state index contributed by atoms with van der Waals surface area (Å²) in [6.45, 7) is 7.68. The third-order valence-corrected chi connectivity index (χ3v) is 6.46. The van der Waals surface area contributed by atoms with E-state index in [1.807, 2.05) is 0 Å². The normalized spacial score (nSPS) is 14.1. The Hall–Kier alpha value is -2.70. The Kier molecular flexibility index (Phi) is 8.50. The number of ether oxygens (including phenoxy) is 1. The number of fused-ring (bicyclic) bond motifs is 1. The Morgan fingerprint density at radius 2 is 1.79 bits per heavy atom. The van der Waals surface area contributed by atoms with Crippen LogP contribution in [0.15, 0.2) is 30.3 Å². The maximum atomic E-state index is 13.3. The minimum Gasteiger partial charge on any atom is -0.446 e. The van der Waals surface area contributed by atoms with Gasteiger partial charge >= 0.3 is 12.3 Å². The van der Waals surface area contributed by atoms with Crippen molar-refractivity contribution in [1.29, 1.82) is 0 Å². The number of hydrogen-bond acceptors (Lipinski definition) is 3. The number of rotatable bonds is 10. The SMILES string of the molecule is CCCCN(CC)c1cc2c(cc1CC(Cc1cc(C)cc(C(F)(F)F)c1)OC(N)=O)CCC2. The van der Waals surface area contributed by atoms with Crippen molar-refractivity contribution in [2.24, 2.45) is 5.73 Å². The molecular formula is C27H35F3N2O2. The fourth-order valence-electron chi connectivity index (χ4n) is 4.89. The standard InChI is InChI=1S/C27H35F3N2O2/c1-4-6-10-32(5-2)25-17-21-9-7-8-20(21)15-22(25)16-24(34-26(31)33)14-19-11-18(3)12-23(13-19)27(28,29)30/h11-13,15,17,24H,4-10,14,16H2,1-3H3,(H2,31,33). The first-order valence-electron chi connectivity index (χ1n) is 12.1. The first kappa shape index (κ1) is 25.9. The third kappa shape index (κ3) is 6.67. The average molecular weight is 477 g/mol.